The molecule has 4 atom stereocenters. The number of hydrogen-bond acceptors (Lipinski definition) is 2. The van der Waals surface area contributed by atoms with Crippen LogP contribution in [0.25, 0.3) is 0 Å². The minimum Gasteiger partial charge on any atom is -0.337 e. The maximum atomic E-state index is 12.8. The highest BCUT2D eigenvalue weighted by molar-refractivity contribution is 5.78. The van der Waals surface area contributed by atoms with Gasteiger partial charge in [-0.05, 0) is 69.4 Å². The molecule has 3 aliphatic rings. The maximum absolute atomic E-state index is 12.8. The number of carbonyl (C=O) groups is 1. The Kier molecular flexibility index (Phi) is 5.59. The quantitative estimate of drug-likeness (QED) is 0.741. The molecule has 1 aliphatic carbocycles. The molecule has 1 aromatic carbocycles. The number of rotatable bonds is 5. The van der Waals surface area contributed by atoms with Crippen molar-refractivity contribution < 1.29 is 4.79 Å². The average molecular weight is 369 g/mol. The third kappa shape index (κ3) is 3.44. The first kappa shape index (κ1) is 19.0. The van der Waals surface area contributed by atoms with Crippen LogP contribution in [0.5, 0.6) is 0 Å². The Morgan fingerprint density at radius 1 is 1.15 bits per heavy atom. The van der Waals surface area contributed by atoms with Crippen molar-refractivity contribution in [1.29, 1.82) is 0 Å². The lowest BCUT2D eigenvalue weighted by Crippen LogP contribution is -2.60. The van der Waals surface area contributed by atoms with Gasteiger partial charge in [0, 0.05) is 31.1 Å². The van der Waals surface area contributed by atoms with E-state index < -0.39 is 0 Å². The fraction of sp³-hybridized carbons (Fsp3) is 0.708. The van der Waals surface area contributed by atoms with Gasteiger partial charge in [-0.25, -0.2) is 0 Å². The van der Waals surface area contributed by atoms with Gasteiger partial charge in [0.05, 0.1) is 0 Å². The van der Waals surface area contributed by atoms with Crippen LogP contribution in [-0.2, 0) is 11.3 Å². The van der Waals surface area contributed by atoms with Crippen LogP contribution >= 0.6 is 0 Å². The van der Waals surface area contributed by atoms with Crippen molar-refractivity contribution in [1.82, 2.24) is 9.80 Å². The third-order valence-electron chi connectivity index (χ3n) is 7.77. The van der Waals surface area contributed by atoms with Crippen LogP contribution in [0.15, 0.2) is 30.3 Å². The van der Waals surface area contributed by atoms with Gasteiger partial charge in [0.25, 0.3) is 0 Å². The second-order valence-corrected chi connectivity index (χ2v) is 9.21. The Labute approximate surface area is 165 Å². The van der Waals surface area contributed by atoms with Crippen LogP contribution in [0.1, 0.15) is 70.3 Å². The standard InChI is InChI=1S/C24H36N2O/c1-3-9-20-21-12-7-13-23(27)26-17-8-15-24(21,26)16-14-22(20)25(2)18-19-10-5-4-6-11-19/h4-6,10-11,20-22H,3,7-9,12-18H2,1-2H3/t20-,21+,22-,24-/m1/s1. The zero-order valence-electron chi connectivity index (χ0n) is 17.2. The van der Waals surface area contributed by atoms with Crippen molar-refractivity contribution in [3.8, 4) is 0 Å². The van der Waals surface area contributed by atoms with Crippen LogP contribution in [0.3, 0.4) is 0 Å². The lowest BCUT2D eigenvalue weighted by atomic mass is 9.61. The zero-order chi connectivity index (χ0) is 18.9. The summed E-state index contributed by atoms with van der Waals surface area (Å²) in [4.78, 5) is 17.7. The Balaban J connectivity index is 1.59. The van der Waals surface area contributed by atoms with Crippen molar-refractivity contribution in [2.45, 2.75) is 82.8 Å². The Morgan fingerprint density at radius 3 is 2.74 bits per heavy atom. The summed E-state index contributed by atoms with van der Waals surface area (Å²) in [5.74, 6) is 1.87. The van der Waals surface area contributed by atoms with Crippen molar-refractivity contribution in [3.63, 3.8) is 0 Å². The highest BCUT2D eigenvalue weighted by Gasteiger charge is 2.56. The summed E-state index contributed by atoms with van der Waals surface area (Å²) in [6.45, 7) is 4.39. The molecular formula is C24H36N2O. The van der Waals surface area contributed by atoms with Crippen molar-refractivity contribution in [2.75, 3.05) is 13.6 Å². The third-order valence-corrected chi connectivity index (χ3v) is 7.77. The van der Waals surface area contributed by atoms with Gasteiger partial charge in [0.1, 0.15) is 0 Å². The van der Waals surface area contributed by atoms with Gasteiger partial charge in [0.2, 0.25) is 5.91 Å². The number of hydrogen-bond donors (Lipinski definition) is 0. The predicted molar refractivity (Wildman–Crippen MR) is 110 cm³/mol. The van der Waals surface area contributed by atoms with E-state index in [1.807, 2.05) is 0 Å². The first-order chi connectivity index (χ1) is 13.2. The molecule has 1 saturated carbocycles. The lowest BCUT2D eigenvalue weighted by molar-refractivity contribution is -0.139. The molecule has 0 bridgehead atoms. The van der Waals surface area contributed by atoms with Gasteiger partial charge in [-0.3, -0.25) is 9.69 Å². The summed E-state index contributed by atoms with van der Waals surface area (Å²) in [6.07, 6.45) is 10.6. The van der Waals surface area contributed by atoms with E-state index in [-0.39, 0.29) is 5.54 Å². The fourth-order valence-electron chi connectivity index (χ4n) is 6.74. The van der Waals surface area contributed by atoms with Crippen LogP contribution in [0.4, 0.5) is 0 Å². The van der Waals surface area contributed by atoms with E-state index in [1.54, 1.807) is 0 Å². The van der Waals surface area contributed by atoms with Crippen LogP contribution < -0.4 is 0 Å². The number of nitrogens with zero attached hydrogens (tertiary/aromatic N) is 2. The molecule has 4 rings (SSSR count). The average Bonchev–Trinajstić information content (AvgIpc) is 3.03. The molecule has 0 radical (unpaired) electrons. The van der Waals surface area contributed by atoms with Gasteiger partial charge >= 0.3 is 0 Å². The molecule has 1 spiro atoms. The summed E-state index contributed by atoms with van der Waals surface area (Å²) < 4.78 is 0. The molecule has 3 heteroatoms. The minimum atomic E-state index is 0.192. The predicted octanol–water partition coefficient (Wildman–Crippen LogP) is 4.86. The summed E-state index contributed by atoms with van der Waals surface area (Å²) in [5, 5.41) is 0. The fourth-order valence-corrected chi connectivity index (χ4v) is 6.74. The van der Waals surface area contributed by atoms with Gasteiger partial charge < -0.3 is 4.90 Å². The van der Waals surface area contributed by atoms with Gasteiger partial charge in [-0.15, -0.1) is 0 Å². The van der Waals surface area contributed by atoms with Crippen LogP contribution in [-0.4, -0.2) is 40.9 Å². The first-order valence-corrected chi connectivity index (χ1v) is 11.2. The molecule has 3 nitrogen and oxygen atoms in total. The van der Waals surface area contributed by atoms with E-state index in [4.69, 9.17) is 0 Å². The maximum Gasteiger partial charge on any atom is 0.223 e. The molecular weight excluding hydrogens is 332 g/mol. The highest BCUT2D eigenvalue weighted by atomic mass is 16.2. The van der Waals surface area contributed by atoms with Crippen molar-refractivity contribution >= 4 is 5.91 Å². The molecule has 2 aliphatic heterocycles. The van der Waals surface area contributed by atoms with E-state index in [0.717, 1.165) is 31.8 Å². The van der Waals surface area contributed by atoms with E-state index >= 15 is 0 Å². The summed E-state index contributed by atoms with van der Waals surface area (Å²) >= 11 is 0. The van der Waals surface area contributed by atoms with E-state index in [1.165, 1.54) is 50.5 Å². The number of carbonyl (C=O) groups excluding carboxylic acids is 1. The molecule has 2 saturated heterocycles. The van der Waals surface area contributed by atoms with Crippen LogP contribution in [0.2, 0.25) is 0 Å². The SMILES string of the molecule is CCC[C@H]1[C@H](N(C)Cc2ccccc2)CC[C@@]23CCCN2C(=O)CCC[C@@H]13. The number of amides is 1. The molecule has 0 aromatic heterocycles. The molecule has 0 N–H and O–H groups in total. The highest BCUT2D eigenvalue weighted by Crippen LogP contribution is 2.53. The molecule has 1 amide bonds. The summed E-state index contributed by atoms with van der Waals surface area (Å²) in [5.41, 5.74) is 1.60. The molecule has 3 fully saturated rings. The van der Waals surface area contributed by atoms with Crippen molar-refractivity contribution in [3.05, 3.63) is 35.9 Å². The van der Waals surface area contributed by atoms with Crippen molar-refractivity contribution in [2.24, 2.45) is 11.8 Å². The molecule has 148 valence electrons. The zero-order valence-corrected chi connectivity index (χ0v) is 17.2. The van der Waals surface area contributed by atoms with Gasteiger partial charge in [-0.1, -0.05) is 43.7 Å². The normalized spacial score (nSPS) is 33.7. The molecule has 1 aromatic rings. The molecule has 27 heavy (non-hydrogen) atoms. The Morgan fingerprint density at radius 2 is 1.96 bits per heavy atom. The monoisotopic (exact) mass is 368 g/mol. The Hall–Kier alpha value is -1.35. The van der Waals surface area contributed by atoms with Gasteiger partial charge in [-0.2, -0.15) is 0 Å². The van der Waals surface area contributed by atoms with Crippen LogP contribution in [0, 0.1) is 11.8 Å². The molecule has 0 unspecified atom stereocenters. The van der Waals surface area contributed by atoms with E-state index in [0.29, 0.717) is 17.9 Å². The lowest BCUT2D eigenvalue weighted by Gasteiger charge is -2.54. The largest absolute Gasteiger partial charge is 0.337 e. The van der Waals surface area contributed by atoms with Gasteiger partial charge in [0.15, 0.2) is 0 Å². The summed E-state index contributed by atoms with van der Waals surface area (Å²) in [6, 6.07) is 11.5. The minimum absolute atomic E-state index is 0.192. The number of benzene rings is 1. The first-order valence-electron chi connectivity index (χ1n) is 11.2. The molecule has 2 heterocycles. The smallest absolute Gasteiger partial charge is 0.223 e. The van der Waals surface area contributed by atoms with E-state index in [9.17, 15) is 4.79 Å². The summed E-state index contributed by atoms with van der Waals surface area (Å²) in [7, 11) is 2.33. The Bertz CT molecular complexity index is 645. The second kappa shape index (κ2) is 7.95. The second-order valence-electron chi connectivity index (χ2n) is 9.21. The topological polar surface area (TPSA) is 23.6 Å². The van der Waals surface area contributed by atoms with E-state index in [2.05, 4.69) is 54.1 Å².